The first-order valence-corrected chi connectivity index (χ1v) is 12.0. The van der Waals surface area contributed by atoms with Crippen LogP contribution in [0.4, 0.5) is 4.39 Å². The first-order chi connectivity index (χ1) is 14.2. The maximum absolute atomic E-state index is 13.2. The lowest BCUT2D eigenvalue weighted by Crippen LogP contribution is -2.50. The van der Waals surface area contributed by atoms with Crippen molar-refractivity contribution in [3.05, 3.63) is 53.1 Å². The number of ketones is 1. The Bertz CT molecular complexity index is 991. The molecule has 1 aliphatic rings. The molecule has 0 N–H and O–H groups in total. The summed E-state index contributed by atoms with van der Waals surface area (Å²) in [7, 11) is -3.20. The monoisotopic (exact) mass is 435 g/mol. The van der Waals surface area contributed by atoms with Crippen LogP contribution in [0.25, 0.3) is 5.69 Å². The number of aromatic nitrogens is 1. The molecule has 0 aliphatic carbocycles. The van der Waals surface area contributed by atoms with Crippen molar-refractivity contribution < 1.29 is 17.6 Å². The van der Waals surface area contributed by atoms with Gasteiger partial charge in [0.15, 0.2) is 5.78 Å². The Labute approximate surface area is 178 Å². The number of hydrogen-bond acceptors (Lipinski definition) is 4. The van der Waals surface area contributed by atoms with Gasteiger partial charge in [-0.25, -0.2) is 12.8 Å². The second-order valence-electron chi connectivity index (χ2n) is 7.86. The van der Waals surface area contributed by atoms with Crippen LogP contribution >= 0.6 is 0 Å². The Morgan fingerprint density at radius 2 is 1.70 bits per heavy atom. The van der Waals surface area contributed by atoms with E-state index in [4.69, 9.17) is 0 Å². The van der Waals surface area contributed by atoms with Gasteiger partial charge in [-0.2, -0.15) is 4.31 Å². The predicted molar refractivity (Wildman–Crippen MR) is 116 cm³/mol. The summed E-state index contributed by atoms with van der Waals surface area (Å²) in [6.45, 7) is 8.00. The molecule has 1 aromatic carbocycles. The Morgan fingerprint density at radius 3 is 2.30 bits per heavy atom. The molecule has 8 heteroatoms. The third kappa shape index (κ3) is 4.99. The Hall–Kier alpha value is -2.03. The average molecular weight is 436 g/mol. The zero-order valence-electron chi connectivity index (χ0n) is 17.9. The van der Waals surface area contributed by atoms with Crippen LogP contribution in [0, 0.1) is 19.7 Å². The number of piperazine rings is 1. The minimum atomic E-state index is -3.20. The van der Waals surface area contributed by atoms with Crippen molar-refractivity contribution in [1.29, 1.82) is 0 Å². The number of carbonyl (C=O) groups excluding carboxylic acids is 1. The van der Waals surface area contributed by atoms with E-state index in [1.165, 1.54) is 12.1 Å². The molecular formula is C22H30FN3O3S. The fourth-order valence-corrected chi connectivity index (χ4v) is 5.57. The number of nitrogens with zero attached hydrogens (tertiary/aromatic N) is 3. The number of halogens is 1. The van der Waals surface area contributed by atoms with E-state index >= 15 is 0 Å². The van der Waals surface area contributed by atoms with Gasteiger partial charge in [-0.05, 0) is 50.6 Å². The molecule has 164 valence electrons. The molecule has 0 radical (unpaired) electrons. The lowest BCUT2D eigenvalue weighted by Gasteiger charge is -2.33. The summed E-state index contributed by atoms with van der Waals surface area (Å²) in [5.41, 5.74) is 3.20. The number of benzene rings is 1. The predicted octanol–water partition coefficient (Wildman–Crippen LogP) is 3.16. The quantitative estimate of drug-likeness (QED) is 0.598. The standard InChI is InChI=1S/C22H30FN3O3S/c1-4-5-14-30(28,29)25-12-10-24(11-13-25)16-22(27)21-15-17(2)26(18(21)3)20-8-6-19(23)7-9-20/h6-9,15H,4-5,10-14,16H2,1-3H3. The first kappa shape index (κ1) is 22.7. The van der Waals surface area contributed by atoms with E-state index in [9.17, 15) is 17.6 Å². The average Bonchev–Trinajstić information content (AvgIpc) is 3.02. The molecule has 1 saturated heterocycles. The van der Waals surface area contributed by atoms with Gasteiger partial charge in [-0.3, -0.25) is 9.69 Å². The van der Waals surface area contributed by atoms with E-state index in [1.807, 2.05) is 36.3 Å². The minimum Gasteiger partial charge on any atom is -0.318 e. The van der Waals surface area contributed by atoms with Gasteiger partial charge in [-0.15, -0.1) is 0 Å². The highest BCUT2D eigenvalue weighted by atomic mass is 32.2. The van der Waals surface area contributed by atoms with Crippen LogP contribution in [0.5, 0.6) is 0 Å². The smallest absolute Gasteiger partial charge is 0.214 e. The Balaban J connectivity index is 1.65. The van der Waals surface area contributed by atoms with Crippen molar-refractivity contribution in [1.82, 2.24) is 13.8 Å². The van der Waals surface area contributed by atoms with E-state index < -0.39 is 10.0 Å². The summed E-state index contributed by atoms with van der Waals surface area (Å²) in [6.07, 6.45) is 1.52. The molecule has 0 bridgehead atoms. The lowest BCUT2D eigenvalue weighted by molar-refractivity contribution is 0.0901. The van der Waals surface area contributed by atoms with Crippen LogP contribution in [0.15, 0.2) is 30.3 Å². The maximum atomic E-state index is 13.2. The van der Waals surface area contributed by atoms with Gasteiger partial charge < -0.3 is 4.57 Å². The number of carbonyl (C=O) groups is 1. The van der Waals surface area contributed by atoms with E-state index in [-0.39, 0.29) is 23.9 Å². The first-order valence-electron chi connectivity index (χ1n) is 10.4. The summed E-state index contributed by atoms with van der Waals surface area (Å²) < 4.78 is 41.4. The van der Waals surface area contributed by atoms with Crippen LogP contribution < -0.4 is 0 Å². The molecule has 0 amide bonds. The van der Waals surface area contributed by atoms with E-state index in [0.717, 1.165) is 23.5 Å². The fourth-order valence-electron chi connectivity index (χ4n) is 3.94. The van der Waals surface area contributed by atoms with Crippen molar-refractivity contribution in [3.63, 3.8) is 0 Å². The van der Waals surface area contributed by atoms with Crippen LogP contribution in [-0.4, -0.2) is 66.4 Å². The summed E-state index contributed by atoms with van der Waals surface area (Å²) in [5.74, 6) is -0.0928. The van der Waals surface area contributed by atoms with Crippen LogP contribution in [0.2, 0.25) is 0 Å². The van der Waals surface area contributed by atoms with Crippen molar-refractivity contribution in [3.8, 4) is 5.69 Å². The minimum absolute atomic E-state index is 0.0127. The summed E-state index contributed by atoms with van der Waals surface area (Å²) in [4.78, 5) is 15.0. The highest BCUT2D eigenvalue weighted by Crippen LogP contribution is 2.22. The second-order valence-corrected chi connectivity index (χ2v) is 9.95. The van der Waals surface area contributed by atoms with Gasteiger partial charge in [0, 0.05) is 48.8 Å². The van der Waals surface area contributed by atoms with Crippen LogP contribution in [0.1, 0.15) is 41.5 Å². The van der Waals surface area contributed by atoms with Gasteiger partial charge in [0.25, 0.3) is 0 Å². The van der Waals surface area contributed by atoms with Gasteiger partial charge in [0.1, 0.15) is 5.82 Å². The van der Waals surface area contributed by atoms with Crippen molar-refractivity contribution in [2.45, 2.75) is 33.6 Å². The molecule has 1 fully saturated rings. The summed E-state index contributed by atoms with van der Waals surface area (Å²) in [5, 5.41) is 0. The van der Waals surface area contributed by atoms with Gasteiger partial charge in [-0.1, -0.05) is 13.3 Å². The van der Waals surface area contributed by atoms with E-state index in [2.05, 4.69) is 0 Å². The summed E-state index contributed by atoms with van der Waals surface area (Å²) in [6, 6.07) is 8.07. The lowest BCUT2D eigenvalue weighted by atomic mass is 10.1. The highest BCUT2D eigenvalue weighted by Gasteiger charge is 2.28. The largest absolute Gasteiger partial charge is 0.318 e. The van der Waals surface area contributed by atoms with E-state index in [1.54, 1.807) is 16.4 Å². The molecule has 0 atom stereocenters. The number of hydrogen-bond donors (Lipinski definition) is 0. The topological polar surface area (TPSA) is 62.6 Å². The molecule has 6 nitrogen and oxygen atoms in total. The maximum Gasteiger partial charge on any atom is 0.214 e. The Morgan fingerprint density at radius 1 is 1.07 bits per heavy atom. The molecule has 2 aromatic rings. The zero-order chi connectivity index (χ0) is 21.9. The Kier molecular flexibility index (Phi) is 7.10. The number of sulfonamides is 1. The van der Waals surface area contributed by atoms with Crippen molar-refractivity contribution >= 4 is 15.8 Å². The van der Waals surface area contributed by atoms with Gasteiger partial charge >= 0.3 is 0 Å². The third-order valence-electron chi connectivity index (χ3n) is 5.66. The molecule has 0 spiro atoms. The number of Topliss-reactive ketones (excluding diaryl/α,β-unsaturated/α-hetero) is 1. The molecule has 0 saturated carbocycles. The van der Waals surface area contributed by atoms with Crippen LogP contribution in [-0.2, 0) is 10.0 Å². The number of unbranched alkanes of at least 4 members (excludes halogenated alkanes) is 1. The molecule has 0 unspecified atom stereocenters. The van der Waals surface area contributed by atoms with Gasteiger partial charge in [0.05, 0.1) is 12.3 Å². The van der Waals surface area contributed by atoms with Crippen molar-refractivity contribution in [2.75, 3.05) is 38.5 Å². The summed E-state index contributed by atoms with van der Waals surface area (Å²) >= 11 is 0. The van der Waals surface area contributed by atoms with E-state index in [0.29, 0.717) is 38.2 Å². The molecule has 2 heterocycles. The molecule has 30 heavy (non-hydrogen) atoms. The normalized spacial score (nSPS) is 16.1. The molecule has 1 aliphatic heterocycles. The van der Waals surface area contributed by atoms with Crippen LogP contribution in [0.3, 0.4) is 0 Å². The highest BCUT2D eigenvalue weighted by molar-refractivity contribution is 7.89. The van der Waals surface area contributed by atoms with Gasteiger partial charge in [0.2, 0.25) is 10.0 Å². The SMILES string of the molecule is CCCCS(=O)(=O)N1CCN(CC(=O)c2cc(C)n(-c3ccc(F)cc3)c2C)CC1. The molecule has 3 rings (SSSR count). The number of aryl methyl sites for hydroxylation is 1. The molecular weight excluding hydrogens is 405 g/mol. The third-order valence-corrected chi connectivity index (χ3v) is 7.62. The number of rotatable bonds is 8. The fraction of sp³-hybridized carbons (Fsp3) is 0.500. The molecule has 1 aromatic heterocycles. The zero-order valence-corrected chi connectivity index (χ0v) is 18.7. The van der Waals surface area contributed by atoms with Crippen molar-refractivity contribution in [2.24, 2.45) is 0 Å². The second kappa shape index (κ2) is 9.41.